The maximum absolute atomic E-state index is 15.5. The maximum Gasteiger partial charge on any atom is 0.614 e. The molecule has 3 rings (SSSR count). The Morgan fingerprint density at radius 1 is 1.48 bits per heavy atom. The van der Waals surface area contributed by atoms with Crippen LogP contribution >= 0.6 is 8.18 Å². The van der Waals surface area contributed by atoms with Crippen LogP contribution in [0.2, 0.25) is 0 Å². The normalized spacial score (nSPS) is 28.6. The molecule has 1 saturated heterocycles. The Balaban J connectivity index is 1.79. The van der Waals surface area contributed by atoms with Gasteiger partial charge < -0.3 is 25.6 Å². The molecule has 1 aliphatic rings. The third-order valence-corrected chi connectivity index (χ3v) is 5.94. The minimum atomic E-state index is -3.09. The molecule has 1 fully saturated rings. The number of aliphatic hydroxyl groups is 1. The minimum absolute atomic E-state index is 0.0362. The summed E-state index contributed by atoms with van der Waals surface area (Å²) in [5, 5.41) is 15.4. The van der Waals surface area contributed by atoms with Gasteiger partial charge in [-0.3, -0.25) is 9.36 Å². The summed E-state index contributed by atoms with van der Waals surface area (Å²) in [6.45, 7) is 2.91. The molecule has 0 saturated carbocycles. The number of anilines is 2. The molecule has 6 atom stereocenters. The molecule has 0 amide bonds. The van der Waals surface area contributed by atoms with Crippen LogP contribution in [-0.4, -0.2) is 74.5 Å². The van der Waals surface area contributed by atoms with Crippen molar-refractivity contribution in [3.8, 4) is 0 Å². The van der Waals surface area contributed by atoms with Gasteiger partial charge in [-0.1, -0.05) is 5.09 Å². The number of nitrogens with zero attached hydrogens (tertiary/aromatic N) is 4. The fraction of sp³-hybridized carbons (Fsp3) is 0.647. The van der Waals surface area contributed by atoms with Crippen LogP contribution in [0.1, 0.15) is 27.0 Å². The number of esters is 1. The number of hydrogen-bond donors (Lipinski definition) is 4. The quantitative estimate of drug-likeness (QED) is 0.288. The highest BCUT2D eigenvalue weighted by molar-refractivity contribution is 7.36. The number of nitrogens with two attached hydrogens (primary N) is 1. The first-order chi connectivity index (χ1) is 15.4. The lowest BCUT2D eigenvalue weighted by molar-refractivity contribution is -0.201. The predicted octanol–water partition coefficient (Wildman–Crippen LogP) is 0.949. The number of alkyl halides is 2. The first-order valence-electron chi connectivity index (χ1n) is 9.89. The second-order valence-electron chi connectivity index (χ2n) is 7.45. The molecule has 0 aromatic carbocycles. The van der Waals surface area contributed by atoms with E-state index in [1.807, 2.05) is 0 Å². The van der Waals surface area contributed by atoms with Gasteiger partial charge in [-0.25, -0.2) is 13.8 Å². The third-order valence-electron chi connectivity index (χ3n) is 4.98. The van der Waals surface area contributed by atoms with Crippen molar-refractivity contribution in [2.24, 2.45) is 0 Å². The van der Waals surface area contributed by atoms with Gasteiger partial charge in [0.05, 0.1) is 12.9 Å². The topological polar surface area (TPSA) is 176 Å². The van der Waals surface area contributed by atoms with E-state index in [1.165, 1.54) is 6.92 Å². The van der Waals surface area contributed by atoms with E-state index in [0.29, 0.717) is 0 Å². The molecule has 0 spiro atoms. The highest BCUT2D eigenvalue weighted by Gasteiger charge is 2.65. The SMILES string of the molecule is CCOC(=O)[C@H](C)N[P+](=O)OC[C@@]1(F)O[C@@H](n2cnc3c(NC)nc(N)nc32)[C@](C)(F)[C@@H]1O. The number of hydrogen-bond acceptors (Lipinski definition) is 11. The molecular formula is C17H25F2N7O6P+. The number of nitrogen functional groups attached to an aromatic ring is 1. The van der Waals surface area contributed by atoms with Crippen LogP contribution in [0.3, 0.4) is 0 Å². The molecular weight excluding hydrogens is 467 g/mol. The van der Waals surface area contributed by atoms with E-state index in [-0.39, 0.29) is 29.5 Å². The average molecular weight is 492 g/mol. The molecule has 16 heteroatoms. The predicted molar refractivity (Wildman–Crippen MR) is 112 cm³/mol. The van der Waals surface area contributed by atoms with Crippen LogP contribution in [0.4, 0.5) is 20.5 Å². The number of halogens is 2. The Morgan fingerprint density at radius 3 is 2.82 bits per heavy atom. The number of carbonyl (C=O) groups excluding carboxylic acids is 1. The summed E-state index contributed by atoms with van der Waals surface area (Å²) in [7, 11) is -1.21. The van der Waals surface area contributed by atoms with Gasteiger partial charge in [0.25, 0.3) is 5.85 Å². The van der Waals surface area contributed by atoms with Crippen molar-refractivity contribution < 1.29 is 37.2 Å². The molecule has 2 aromatic heterocycles. The van der Waals surface area contributed by atoms with Gasteiger partial charge >= 0.3 is 14.1 Å². The lowest BCUT2D eigenvalue weighted by Crippen LogP contribution is -2.46. The minimum Gasteiger partial charge on any atom is -0.465 e. The van der Waals surface area contributed by atoms with Gasteiger partial charge in [0.2, 0.25) is 5.95 Å². The summed E-state index contributed by atoms with van der Waals surface area (Å²) in [6.07, 6.45) is -2.92. The van der Waals surface area contributed by atoms with Crippen molar-refractivity contribution in [2.75, 3.05) is 31.3 Å². The van der Waals surface area contributed by atoms with Gasteiger partial charge in [0, 0.05) is 7.05 Å². The Bertz CT molecular complexity index is 1060. The van der Waals surface area contributed by atoms with Gasteiger partial charge in [-0.2, -0.15) is 9.97 Å². The Labute approximate surface area is 187 Å². The van der Waals surface area contributed by atoms with Gasteiger partial charge in [0.15, 0.2) is 41.6 Å². The molecule has 182 valence electrons. The lowest BCUT2D eigenvalue weighted by atomic mass is 9.97. The van der Waals surface area contributed by atoms with E-state index >= 15 is 8.78 Å². The smallest absolute Gasteiger partial charge is 0.465 e. The second-order valence-corrected chi connectivity index (χ2v) is 8.48. The molecule has 33 heavy (non-hydrogen) atoms. The van der Waals surface area contributed by atoms with Crippen molar-refractivity contribution in [1.29, 1.82) is 0 Å². The van der Waals surface area contributed by atoms with Crippen molar-refractivity contribution in [2.45, 2.75) is 50.7 Å². The molecule has 5 N–H and O–H groups in total. The van der Waals surface area contributed by atoms with E-state index in [9.17, 15) is 14.5 Å². The van der Waals surface area contributed by atoms with Crippen LogP contribution in [0.5, 0.6) is 0 Å². The summed E-state index contributed by atoms with van der Waals surface area (Å²) in [5.41, 5.74) is 3.26. The molecule has 0 radical (unpaired) electrons. The van der Waals surface area contributed by atoms with Gasteiger partial charge in [-0.05, 0) is 25.3 Å². The highest BCUT2D eigenvalue weighted by Crippen LogP contribution is 2.49. The molecule has 13 nitrogen and oxygen atoms in total. The summed E-state index contributed by atoms with van der Waals surface area (Å²) in [5.74, 6) is -3.68. The van der Waals surface area contributed by atoms with Crippen molar-refractivity contribution in [3.63, 3.8) is 0 Å². The van der Waals surface area contributed by atoms with Gasteiger partial charge in [-0.15, -0.1) is 4.52 Å². The number of carbonyl (C=O) groups is 1. The van der Waals surface area contributed by atoms with Gasteiger partial charge in [0.1, 0.15) is 6.04 Å². The molecule has 2 aromatic rings. The Hall–Kier alpha value is -2.58. The average Bonchev–Trinajstić information content (AvgIpc) is 3.24. The lowest BCUT2D eigenvalue weighted by Gasteiger charge is -2.24. The zero-order valence-corrected chi connectivity index (χ0v) is 19.2. The number of aromatic nitrogens is 4. The van der Waals surface area contributed by atoms with Crippen LogP contribution in [0.25, 0.3) is 11.2 Å². The van der Waals surface area contributed by atoms with Crippen LogP contribution in [0.15, 0.2) is 6.33 Å². The van der Waals surface area contributed by atoms with Crippen LogP contribution in [-0.2, 0) is 23.4 Å². The summed E-state index contributed by atoms with van der Waals surface area (Å²) >= 11 is 0. The first kappa shape index (κ1) is 25.1. The Kier molecular flexibility index (Phi) is 7.10. The van der Waals surface area contributed by atoms with Crippen molar-refractivity contribution >= 4 is 37.1 Å². The van der Waals surface area contributed by atoms with E-state index in [4.69, 9.17) is 19.7 Å². The summed E-state index contributed by atoms with van der Waals surface area (Å²) < 4.78 is 59.0. The van der Waals surface area contributed by atoms with Crippen molar-refractivity contribution in [1.82, 2.24) is 24.6 Å². The van der Waals surface area contributed by atoms with E-state index in [2.05, 4.69) is 25.4 Å². The van der Waals surface area contributed by atoms with Crippen LogP contribution < -0.4 is 16.1 Å². The van der Waals surface area contributed by atoms with Crippen LogP contribution in [0, 0.1) is 0 Å². The third kappa shape index (κ3) is 4.73. The number of imidazole rings is 1. The zero-order valence-electron chi connectivity index (χ0n) is 18.3. The fourth-order valence-corrected chi connectivity index (χ4v) is 4.09. The first-order valence-corrected chi connectivity index (χ1v) is 11.1. The zero-order chi connectivity index (χ0) is 24.6. The van der Waals surface area contributed by atoms with E-state index in [1.54, 1.807) is 14.0 Å². The number of ether oxygens (including phenoxy) is 2. The molecule has 0 aliphatic carbocycles. The highest BCUT2D eigenvalue weighted by atomic mass is 31.1. The van der Waals surface area contributed by atoms with Crippen molar-refractivity contribution in [3.05, 3.63) is 6.33 Å². The Morgan fingerprint density at radius 2 is 2.18 bits per heavy atom. The largest absolute Gasteiger partial charge is 0.614 e. The van der Waals surface area contributed by atoms with E-state index in [0.717, 1.165) is 17.8 Å². The fourth-order valence-electron chi connectivity index (χ4n) is 3.30. The molecule has 1 unspecified atom stereocenters. The maximum atomic E-state index is 15.5. The monoisotopic (exact) mass is 492 g/mol. The number of nitrogens with one attached hydrogen (secondary N) is 2. The number of rotatable bonds is 9. The molecule has 1 aliphatic heterocycles. The summed E-state index contributed by atoms with van der Waals surface area (Å²) in [4.78, 5) is 23.7. The molecule has 0 bridgehead atoms. The number of aliphatic hydroxyl groups excluding tert-OH is 1. The number of fused-ring (bicyclic) bond motifs is 1. The molecule has 3 heterocycles. The second kappa shape index (κ2) is 9.35. The van der Waals surface area contributed by atoms with E-state index < -0.39 is 50.7 Å². The standard InChI is InChI=1S/C17H25F2N7O6P/c1-5-30-12(27)8(2)25-33(29)31-6-17(19)13(28)16(3,18)14(32-17)26-7-22-9-10(21-4)23-15(20)24-11(9)26/h7-8,13-14,28H,5-6H2,1-4H3,(H,25,29)(H3,20,21,23,24)/q+1/t8-,13-,14+,16+,17+/m0/s1. The summed E-state index contributed by atoms with van der Waals surface area (Å²) in [6, 6.07) is -1.01.